The topological polar surface area (TPSA) is 21.3 Å². The Morgan fingerprint density at radius 1 is 0.952 bits per heavy atom. The highest BCUT2D eigenvalue weighted by atomic mass is 16.5. The molecule has 21 heavy (non-hydrogen) atoms. The minimum absolute atomic E-state index is 0.320. The van der Waals surface area contributed by atoms with E-state index in [0.717, 1.165) is 17.9 Å². The van der Waals surface area contributed by atoms with Gasteiger partial charge in [-0.25, -0.2) is 0 Å². The van der Waals surface area contributed by atoms with E-state index in [1.165, 1.54) is 21.9 Å². The van der Waals surface area contributed by atoms with Gasteiger partial charge in [-0.15, -0.1) is 0 Å². The molecule has 0 radical (unpaired) electrons. The average Bonchev–Trinajstić information content (AvgIpc) is 2.98. The van der Waals surface area contributed by atoms with E-state index in [9.17, 15) is 0 Å². The fraction of sp³-hybridized carbons (Fsp3) is 0.158. The summed E-state index contributed by atoms with van der Waals surface area (Å²) in [6.07, 6.45) is 1.00. The van der Waals surface area contributed by atoms with Gasteiger partial charge in [-0.3, -0.25) is 0 Å². The number of benzene rings is 3. The summed E-state index contributed by atoms with van der Waals surface area (Å²) in [5.41, 5.74) is 3.79. The van der Waals surface area contributed by atoms with Crippen molar-refractivity contribution < 1.29 is 4.74 Å². The van der Waals surface area contributed by atoms with Crippen LogP contribution in [0.25, 0.3) is 10.8 Å². The van der Waals surface area contributed by atoms with Gasteiger partial charge in [-0.2, -0.15) is 0 Å². The van der Waals surface area contributed by atoms with Gasteiger partial charge < -0.3 is 10.1 Å². The molecule has 2 heteroatoms. The summed E-state index contributed by atoms with van der Waals surface area (Å²) in [6, 6.07) is 21.8. The van der Waals surface area contributed by atoms with Crippen molar-refractivity contribution in [2.45, 2.75) is 12.5 Å². The lowest BCUT2D eigenvalue weighted by molar-refractivity contribution is 0.416. The Morgan fingerprint density at radius 3 is 2.67 bits per heavy atom. The lowest BCUT2D eigenvalue weighted by atomic mass is 9.99. The summed E-state index contributed by atoms with van der Waals surface area (Å²) in [6.45, 7) is 0. The minimum Gasteiger partial charge on any atom is -0.495 e. The molecule has 0 saturated carbocycles. The quantitative estimate of drug-likeness (QED) is 0.740. The molecule has 0 bridgehead atoms. The van der Waals surface area contributed by atoms with Gasteiger partial charge in [0.25, 0.3) is 0 Å². The van der Waals surface area contributed by atoms with Gasteiger partial charge in [0, 0.05) is 0 Å². The molecule has 3 aromatic rings. The third-order valence-electron chi connectivity index (χ3n) is 4.25. The molecule has 1 unspecified atom stereocenters. The lowest BCUT2D eigenvalue weighted by Gasteiger charge is -2.13. The molecule has 1 heterocycles. The highest BCUT2D eigenvalue weighted by Crippen LogP contribution is 2.40. The monoisotopic (exact) mass is 275 g/mol. The van der Waals surface area contributed by atoms with E-state index in [1.54, 1.807) is 7.11 Å². The van der Waals surface area contributed by atoms with E-state index in [2.05, 4.69) is 59.9 Å². The minimum atomic E-state index is 0.320. The zero-order valence-electron chi connectivity index (χ0n) is 12.0. The molecule has 0 spiro atoms. The second kappa shape index (κ2) is 4.81. The van der Waals surface area contributed by atoms with E-state index >= 15 is 0 Å². The molecule has 4 rings (SSSR count). The van der Waals surface area contributed by atoms with Crippen LogP contribution in [0.1, 0.15) is 17.2 Å². The van der Waals surface area contributed by atoms with Gasteiger partial charge in [-0.05, 0) is 40.5 Å². The van der Waals surface area contributed by atoms with Gasteiger partial charge >= 0.3 is 0 Å². The van der Waals surface area contributed by atoms with Crippen molar-refractivity contribution in [2.24, 2.45) is 0 Å². The zero-order valence-corrected chi connectivity index (χ0v) is 12.0. The van der Waals surface area contributed by atoms with Crippen molar-refractivity contribution >= 4 is 16.5 Å². The SMILES string of the molecule is COc1cccc2c1NC(c1ccc3ccccc3c1)C2. The first-order chi connectivity index (χ1) is 10.3. The standard InChI is InChI=1S/C19H17NO/c1-21-18-8-4-7-16-12-17(20-19(16)18)15-10-9-13-5-2-3-6-14(13)11-15/h2-11,17,20H,12H2,1H3. The van der Waals surface area contributed by atoms with Crippen LogP contribution in [0, 0.1) is 0 Å². The largest absolute Gasteiger partial charge is 0.495 e. The first-order valence-electron chi connectivity index (χ1n) is 7.26. The number of para-hydroxylation sites is 1. The van der Waals surface area contributed by atoms with Crippen molar-refractivity contribution in [3.05, 3.63) is 71.8 Å². The van der Waals surface area contributed by atoms with Gasteiger partial charge in [0.15, 0.2) is 0 Å². The normalized spacial score (nSPS) is 16.5. The van der Waals surface area contributed by atoms with Gasteiger partial charge in [0.1, 0.15) is 5.75 Å². The molecule has 0 saturated heterocycles. The molecule has 104 valence electrons. The summed E-state index contributed by atoms with van der Waals surface area (Å²) in [4.78, 5) is 0. The van der Waals surface area contributed by atoms with Crippen molar-refractivity contribution in [3.8, 4) is 5.75 Å². The van der Waals surface area contributed by atoms with Crippen LogP contribution in [0.2, 0.25) is 0 Å². The first-order valence-corrected chi connectivity index (χ1v) is 7.26. The van der Waals surface area contributed by atoms with Crippen LogP contribution in [-0.2, 0) is 6.42 Å². The number of nitrogens with one attached hydrogen (secondary N) is 1. The molecule has 1 aliphatic rings. The fourth-order valence-electron chi connectivity index (χ4n) is 3.15. The number of fused-ring (bicyclic) bond motifs is 2. The number of anilines is 1. The average molecular weight is 275 g/mol. The Kier molecular flexibility index (Phi) is 2.81. The van der Waals surface area contributed by atoms with Crippen molar-refractivity contribution in [1.29, 1.82) is 0 Å². The molecular formula is C19H17NO. The van der Waals surface area contributed by atoms with Crippen LogP contribution >= 0.6 is 0 Å². The maximum atomic E-state index is 5.45. The first kappa shape index (κ1) is 12.3. The summed E-state index contributed by atoms with van der Waals surface area (Å²) < 4.78 is 5.45. The predicted molar refractivity (Wildman–Crippen MR) is 87.0 cm³/mol. The highest BCUT2D eigenvalue weighted by Gasteiger charge is 2.24. The van der Waals surface area contributed by atoms with Crippen LogP contribution in [0.3, 0.4) is 0 Å². The van der Waals surface area contributed by atoms with Crippen LogP contribution in [0.15, 0.2) is 60.7 Å². The van der Waals surface area contributed by atoms with E-state index in [4.69, 9.17) is 4.74 Å². The fourth-order valence-corrected chi connectivity index (χ4v) is 3.15. The summed E-state index contributed by atoms with van der Waals surface area (Å²) in [5, 5.41) is 6.19. The molecule has 0 aromatic heterocycles. The highest BCUT2D eigenvalue weighted by molar-refractivity contribution is 5.83. The van der Waals surface area contributed by atoms with Crippen molar-refractivity contribution in [2.75, 3.05) is 12.4 Å². The summed E-state index contributed by atoms with van der Waals surface area (Å²) >= 11 is 0. The van der Waals surface area contributed by atoms with Gasteiger partial charge in [0.05, 0.1) is 18.8 Å². The molecule has 0 aliphatic carbocycles. The molecule has 1 N–H and O–H groups in total. The number of hydrogen-bond acceptors (Lipinski definition) is 2. The molecule has 0 fully saturated rings. The Morgan fingerprint density at radius 2 is 1.81 bits per heavy atom. The molecule has 3 aromatic carbocycles. The smallest absolute Gasteiger partial charge is 0.142 e. The second-order valence-electron chi connectivity index (χ2n) is 5.50. The van der Waals surface area contributed by atoms with Crippen molar-refractivity contribution in [3.63, 3.8) is 0 Å². The predicted octanol–water partition coefficient (Wildman–Crippen LogP) is 4.56. The maximum Gasteiger partial charge on any atom is 0.142 e. The van der Waals surface area contributed by atoms with Gasteiger partial charge in [-0.1, -0.05) is 48.5 Å². The van der Waals surface area contributed by atoms with Crippen LogP contribution < -0.4 is 10.1 Å². The van der Waals surface area contributed by atoms with E-state index in [0.29, 0.717) is 6.04 Å². The Bertz CT molecular complexity index is 810. The van der Waals surface area contributed by atoms with Crippen LogP contribution in [-0.4, -0.2) is 7.11 Å². The third-order valence-corrected chi connectivity index (χ3v) is 4.25. The molecule has 1 atom stereocenters. The number of methoxy groups -OCH3 is 1. The molecular weight excluding hydrogens is 258 g/mol. The Balaban J connectivity index is 1.71. The van der Waals surface area contributed by atoms with Gasteiger partial charge in [0.2, 0.25) is 0 Å². The Hall–Kier alpha value is -2.48. The van der Waals surface area contributed by atoms with E-state index in [-0.39, 0.29) is 0 Å². The van der Waals surface area contributed by atoms with Crippen LogP contribution in [0.4, 0.5) is 5.69 Å². The van der Waals surface area contributed by atoms with E-state index < -0.39 is 0 Å². The van der Waals surface area contributed by atoms with Crippen LogP contribution in [0.5, 0.6) is 5.75 Å². The van der Waals surface area contributed by atoms with Crippen molar-refractivity contribution in [1.82, 2.24) is 0 Å². The molecule has 2 nitrogen and oxygen atoms in total. The van der Waals surface area contributed by atoms with E-state index in [1.807, 2.05) is 6.07 Å². The summed E-state index contributed by atoms with van der Waals surface area (Å²) in [7, 11) is 1.72. The zero-order chi connectivity index (χ0) is 14.2. The molecule has 1 aliphatic heterocycles. The molecule has 0 amide bonds. The summed E-state index contributed by atoms with van der Waals surface area (Å²) in [5.74, 6) is 0.927. The second-order valence-corrected chi connectivity index (χ2v) is 5.50. The number of ether oxygens (including phenoxy) is 1. The maximum absolute atomic E-state index is 5.45. The lowest BCUT2D eigenvalue weighted by Crippen LogP contribution is -2.05. The number of hydrogen-bond donors (Lipinski definition) is 1. The Labute approximate surface area is 124 Å². The number of rotatable bonds is 2. The third kappa shape index (κ3) is 2.04.